The smallest absolute Gasteiger partial charge is 0.328 e. The lowest BCUT2D eigenvalue weighted by atomic mass is 10.0. The topological polar surface area (TPSA) is 73.3 Å². The van der Waals surface area contributed by atoms with Crippen molar-refractivity contribution in [3.8, 4) is 5.75 Å². The second kappa shape index (κ2) is 9.64. The summed E-state index contributed by atoms with van der Waals surface area (Å²) in [6.07, 6.45) is 0.601. The third kappa shape index (κ3) is 6.07. The van der Waals surface area contributed by atoms with Gasteiger partial charge in [0.05, 0.1) is 14.2 Å². The van der Waals surface area contributed by atoms with Gasteiger partial charge in [0.15, 0.2) is 0 Å². The number of rotatable bonds is 8. The maximum atomic E-state index is 12.0. The van der Waals surface area contributed by atoms with Gasteiger partial charge in [-0.05, 0) is 36.6 Å². The summed E-state index contributed by atoms with van der Waals surface area (Å²) in [6, 6.07) is 8.76. The van der Waals surface area contributed by atoms with E-state index in [1.807, 2.05) is 38.1 Å². The highest BCUT2D eigenvalue weighted by atomic mass is 35.5. The Hall–Kier alpha value is -1.99. The standard InChI is InChI=1S/C18H22ClN3O3S/c1-11(2)9-14(17(23)25-4)20-18-21-15(19)10-16(22-18)26-13-7-5-12(24-3)6-8-13/h5-8,10-11,14H,9H2,1-4H3,(H,20,21,22)/t14-/m0/s1. The van der Waals surface area contributed by atoms with Crippen LogP contribution in [0.1, 0.15) is 20.3 Å². The van der Waals surface area contributed by atoms with Crippen LogP contribution < -0.4 is 10.1 Å². The van der Waals surface area contributed by atoms with Crippen LogP contribution >= 0.6 is 23.4 Å². The summed E-state index contributed by atoms with van der Waals surface area (Å²) in [5.41, 5.74) is 0. The molecule has 0 saturated heterocycles. The Bertz CT molecular complexity index is 741. The van der Waals surface area contributed by atoms with Crippen LogP contribution in [-0.2, 0) is 9.53 Å². The minimum Gasteiger partial charge on any atom is -0.497 e. The molecule has 2 rings (SSSR count). The van der Waals surface area contributed by atoms with Gasteiger partial charge < -0.3 is 14.8 Å². The molecule has 0 aliphatic carbocycles. The number of methoxy groups -OCH3 is 2. The van der Waals surface area contributed by atoms with Crippen molar-refractivity contribution in [3.05, 3.63) is 35.5 Å². The molecule has 0 amide bonds. The van der Waals surface area contributed by atoms with Crippen molar-refractivity contribution in [1.29, 1.82) is 0 Å². The maximum Gasteiger partial charge on any atom is 0.328 e. The van der Waals surface area contributed by atoms with Crippen LogP contribution in [0.25, 0.3) is 0 Å². The summed E-state index contributed by atoms with van der Waals surface area (Å²) in [5, 5.41) is 4.00. The minimum absolute atomic E-state index is 0.296. The van der Waals surface area contributed by atoms with Crippen LogP contribution in [0.3, 0.4) is 0 Å². The van der Waals surface area contributed by atoms with E-state index in [0.29, 0.717) is 28.5 Å². The number of nitrogens with zero attached hydrogens (tertiary/aromatic N) is 2. The molecule has 2 aromatic rings. The number of esters is 1. The Labute approximate surface area is 162 Å². The molecule has 0 aliphatic heterocycles. The summed E-state index contributed by atoms with van der Waals surface area (Å²) in [4.78, 5) is 21.6. The molecular formula is C18H22ClN3O3S. The van der Waals surface area contributed by atoms with E-state index < -0.39 is 6.04 Å². The predicted octanol–water partition coefficient (Wildman–Crippen LogP) is 4.29. The molecule has 0 bridgehead atoms. The molecule has 0 spiro atoms. The van der Waals surface area contributed by atoms with Gasteiger partial charge in [-0.3, -0.25) is 0 Å². The van der Waals surface area contributed by atoms with Crippen molar-refractivity contribution in [2.24, 2.45) is 5.92 Å². The maximum absolute atomic E-state index is 12.0. The van der Waals surface area contributed by atoms with Gasteiger partial charge in [-0.25, -0.2) is 14.8 Å². The average molecular weight is 396 g/mol. The summed E-state index contributed by atoms with van der Waals surface area (Å²) in [5.74, 6) is 1.03. The van der Waals surface area contributed by atoms with Gasteiger partial charge >= 0.3 is 5.97 Å². The molecule has 0 aliphatic rings. The van der Waals surface area contributed by atoms with E-state index in [1.54, 1.807) is 13.2 Å². The average Bonchev–Trinajstić information content (AvgIpc) is 2.60. The molecule has 1 N–H and O–H groups in total. The number of anilines is 1. The summed E-state index contributed by atoms with van der Waals surface area (Å²) in [7, 11) is 2.99. The van der Waals surface area contributed by atoms with E-state index in [9.17, 15) is 4.79 Å². The van der Waals surface area contributed by atoms with E-state index in [4.69, 9.17) is 21.1 Å². The number of aromatic nitrogens is 2. The van der Waals surface area contributed by atoms with Crippen molar-refractivity contribution in [2.45, 2.75) is 36.2 Å². The number of ether oxygens (including phenoxy) is 2. The lowest BCUT2D eigenvalue weighted by Gasteiger charge is -2.18. The highest BCUT2D eigenvalue weighted by molar-refractivity contribution is 7.99. The van der Waals surface area contributed by atoms with Gasteiger partial charge in [0.25, 0.3) is 0 Å². The van der Waals surface area contributed by atoms with Crippen molar-refractivity contribution < 1.29 is 14.3 Å². The van der Waals surface area contributed by atoms with Crippen LogP contribution in [0.15, 0.2) is 40.3 Å². The largest absolute Gasteiger partial charge is 0.497 e. The third-order valence-corrected chi connectivity index (χ3v) is 4.57. The first-order chi connectivity index (χ1) is 12.4. The third-order valence-electron chi connectivity index (χ3n) is 3.45. The molecular weight excluding hydrogens is 374 g/mol. The molecule has 1 aromatic carbocycles. The van der Waals surface area contributed by atoms with Crippen molar-refractivity contribution in [2.75, 3.05) is 19.5 Å². The monoisotopic (exact) mass is 395 g/mol. The van der Waals surface area contributed by atoms with Gasteiger partial charge in [0.1, 0.15) is 22.0 Å². The van der Waals surface area contributed by atoms with Gasteiger partial charge in [-0.2, -0.15) is 0 Å². The number of nitrogens with one attached hydrogen (secondary N) is 1. The number of carbonyl (C=O) groups is 1. The van der Waals surface area contributed by atoms with Gasteiger partial charge in [-0.15, -0.1) is 0 Å². The Morgan fingerprint density at radius 3 is 2.50 bits per heavy atom. The van der Waals surface area contributed by atoms with Crippen molar-refractivity contribution in [1.82, 2.24) is 9.97 Å². The number of hydrogen-bond acceptors (Lipinski definition) is 7. The SMILES string of the molecule is COC(=O)[C@H](CC(C)C)Nc1nc(Cl)cc(Sc2ccc(OC)cc2)n1. The Balaban J connectivity index is 2.17. The predicted molar refractivity (Wildman–Crippen MR) is 103 cm³/mol. The fourth-order valence-corrected chi connectivity index (χ4v) is 3.33. The number of halogens is 1. The quantitative estimate of drug-likeness (QED) is 0.527. The van der Waals surface area contributed by atoms with Crippen LogP contribution in [0.2, 0.25) is 5.15 Å². The molecule has 6 nitrogen and oxygen atoms in total. The van der Waals surface area contributed by atoms with Gasteiger partial charge in [-0.1, -0.05) is 37.2 Å². The lowest BCUT2D eigenvalue weighted by molar-refractivity contribution is -0.141. The van der Waals surface area contributed by atoms with Crippen LogP contribution in [0.4, 0.5) is 5.95 Å². The van der Waals surface area contributed by atoms with Crippen molar-refractivity contribution in [3.63, 3.8) is 0 Å². The highest BCUT2D eigenvalue weighted by Crippen LogP contribution is 2.29. The molecule has 0 unspecified atom stereocenters. The van der Waals surface area contributed by atoms with Gasteiger partial charge in [0.2, 0.25) is 5.95 Å². The van der Waals surface area contributed by atoms with Gasteiger partial charge in [0, 0.05) is 11.0 Å². The zero-order chi connectivity index (χ0) is 19.1. The number of carbonyl (C=O) groups excluding carboxylic acids is 1. The molecule has 0 fully saturated rings. The first-order valence-corrected chi connectivity index (χ1v) is 9.31. The van der Waals surface area contributed by atoms with E-state index in [2.05, 4.69) is 15.3 Å². The molecule has 0 saturated carbocycles. The summed E-state index contributed by atoms with van der Waals surface area (Å²) >= 11 is 7.57. The lowest BCUT2D eigenvalue weighted by Crippen LogP contribution is -2.32. The molecule has 26 heavy (non-hydrogen) atoms. The minimum atomic E-state index is -0.530. The van der Waals surface area contributed by atoms with E-state index in [-0.39, 0.29) is 5.97 Å². The molecule has 0 radical (unpaired) electrons. The van der Waals surface area contributed by atoms with E-state index >= 15 is 0 Å². The fraction of sp³-hybridized carbons (Fsp3) is 0.389. The normalized spacial score (nSPS) is 11.9. The van der Waals surface area contributed by atoms with Crippen LogP contribution in [0.5, 0.6) is 5.75 Å². The molecule has 8 heteroatoms. The molecule has 140 valence electrons. The number of benzene rings is 1. The number of hydrogen-bond donors (Lipinski definition) is 1. The summed E-state index contributed by atoms with van der Waals surface area (Å²) < 4.78 is 10.0. The van der Waals surface area contributed by atoms with Crippen LogP contribution in [0, 0.1) is 5.92 Å². The Morgan fingerprint density at radius 2 is 1.92 bits per heavy atom. The summed E-state index contributed by atoms with van der Waals surface area (Å²) in [6.45, 7) is 4.06. The molecule has 1 atom stereocenters. The van der Waals surface area contributed by atoms with Crippen LogP contribution in [-0.4, -0.2) is 36.2 Å². The Kier molecular flexibility index (Phi) is 7.53. The zero-order valence-electron chi connectivity index (χ0n) is 15.2. The fourth-order valence-electron chi connectivity index (χ4n) is 2.26. The van der Waals surface area contributed by atoms with E-state index in [1.165, 1.54) is 18.9 Å². The first kappa shape index (κ1) is 20.3. The molecule has 1 aromatic heterocycles. The van der Waals surface area contributed by atoms with Crippen molar-refractivity contribution >= 4 is 35.3 Å². The Morgan fingerprint density at radius 1 is 1.23 bits per heavy atom. The second-order valence-electron chi connectivity index (χ2n) is 5.98. The van der Waals surface area contributed by atoms with E-state index in [0.717, 1.165) is 10.6 Å². The molecule has 1 heterocycles. The first-order valence-electron chi connectivity index (χ1n) is 8.12. The zero-order valence-corrected chi connectivity index (χ0v) is 16.7. The second-order valence-corrected chi connectivity index (χ2v) is 7.46. The highest BCUT2D eigenvalue weighted by Gasteiger charge is 2.21.